The highest BCUT2D eigenvalue weighted by molar-refractivity contribution is 7.14. The van der Waals surface area contributed by atoms with Crippen LogP contribution in [0.2, 0.25) is 0 Å². The van der Waals surface area contributed by atoms with Crippen molar-refractivity contribution in [2.24, 2.45) is 5.73 Å². The van der Waals surface area contributed by atoms with Crippen LogP contribution in [-0.4, -0.2) is 16.7 Å². The predicted octanol–water partition coefficient (Wildman–Crippen LogP) is 2.84. The van der Waals surface area contributed by atoms with Gasteiger partial charge in [-0.3, -0.25) is 0 Å². The molecular formula is C13H13N3OS. The molecule has 92 valence electrons. The van der Waals surface area contributed by atoms with Crippen LogP contribution >= 0.6 is 11.3 Å². The second-order valence-corrected chi connectivity index (χ2v) is 5.10. The third-order valence-corrected chi connectivity index (χ3v) is 3.79. The van der Waals surface area contributed by atoms with Crippen molar-refractivity contribution in [3.05, 3.63) is 35.5 Å². The van der Waals surface area contributed by atoms with Crippen molar-refractivity contribution >= 4 is 22.3 Å². The number of hydrogen-bond donors (Lipinski definition) is 1. The molecule has 0 bridgehead atoms. The first-order valence-electron chi connectivity index (χ1n) is 5.87. The molecule has 2 heterocycles. The van der Waals surface area contributed by atoms with Crippen molar-refractivity contribution in [3.63, 3.8) is 0 Å². The minimum Gasteiger partial charge on any atom is -0.464 e. The summed E-state index contributed by atoms with van der Waals surface area (Å²) in [6, 6.07) is 7.95. The van der Waals surface area contributed by atoms with Gasteiger partial charge in [0.1, 0.15) is 16.9 Å². The molecule has 3 rings (SSSR count). The van der Waals surface area contributed by atoms with Crippen LogP contribution in [0.15, 0.2) is 34.9 Å². The molecule has 0 aliphatic carbocycles. The molecular weight excluding hydrogens is 246 g/mol. The van der Waals surface area contributed by atoms with Crippen LogP contribution in [0.3, 0.4) is 0 Å². The Kier molecular flexibility index (Phi) is 3.08. The van der Waals surface area contributed by atoms with E-state index in [2.05, 4.69) is 10.2 Å². The van der Waals surface area contributed by atoms with Crippen molar-refractivity contribution in [2.75, 3.05) is 6.54 Å². The third-order valence-electron chi connectivity index (χ3n) is 2.77. The first-order chi connectivity index (χ1) is 8.88. The van der Waals surface area contributed by atoms with E-state index in [1.165, 1.54) is 0 Å². The maximum absolute atomic E-state index is 5.51. The number of benzene rings is 1. The molecule has 0 atom stereocenters. The van der Waals surface area contributed by atoms with Crippen molar-refractivity contribution in [2.45, 2.75) is 12.8 Å². The van der Waals surface area contributed by atoms with Gasteiger partial charge in [-0.05, 0) is 19.0 Å². The van der Waals surface area contributed by atoms with Crippen LogP contribution in [0.4, 0.5) is 0 Å². The average Bonchev–Trinajstić information content (AvgIpc) is 3.02. The lowest BCUT2D eigenvalue weighted by molar-refractivity contribution is 0.617. The molecule has 5 heteroatoms. The van der Waals surface area contributed by atoms with E-state index in [1.807, 2.05) is 24.3 Å². The van der Waals surface area contributed by atoms with E-state index in [0.717, 1.165) is 39.4 Å². The molecule has 18 heavy (non-hydrogen) atoms. The van der Waals surface area contributed by atoms with E-state index in [-0.39, 0.29) is 0 Å². The molecule has 3 aromatic rings. The van der Waals surface area contributed by atoms with E-state index in [0.29, 0.717) is 6.54 Å². The average molecular weight is 259 g/mol. The number of nitrogens with two attached hydrogens (primary N) is 1. The van der Waals surface area contributed by atoms with E-state index < -0.39 is 0 Å². The van der Waals surface area contributed by atoms with Crippen molar-refractivity contribution in [1.82, 2.24) is 10.2 Å². The van der Waals surface area contributed by atoms with Gasteiger partial charge in [-0.1, -0.05) is 29.5 Å². The second kappa shape index (κ2) is 4.88. The fourth-order valence-corrected chi connectivity index (χ4v) is 2.76. The zero-order valence-corrected chi connectivity index (χ0v) is 10.6. The normalized spacial score (nSPS) is 11.2. The highest BCUT2D eigenvalue weighted by Gasteiger charge is 2.12. The highest BCUT2D eigenvalue weighted by atomic mass is 32.1. The monoisotopic (exact) mass is 259 g/mol. The summed E-state index contributed by atoms with van der Waals surface area (Å²) in [6.07, 6.45) is 3.59. The Labute approximate surface area is 108 Å². The standard InChI is InChI=1S/C13H13N3OS/c14-7-3-6-12-15-16-13(18-12)10-8-17-11-5-2-1-4-9(10)11/h1-2,4-5,8H,3,6-7,14H2. The fraction of sp³-hybridized carbons (Fsp3) is 0.231. The molecule has 0 saturated heterocycles. The van der Waals surface area contributed by atoms with Crippen molar-refractivity contribution < 1.29 is 4.42 Å². The molecule has 2 N–H and O–H groups in total. The smallest absolute Gasteiger partial charge is 0.151 e. The van der Waals surface area contributed by atoms with Gasteiger partial charge in [0.25, 0.3) is 0 Å². The topological polar surface area (TPSA) is 64.9 Å². The zero-order chi connectivity index (χ0) is 12.4. The van der Waals surface area contributed by atoms with Gasteiger partial charge in [0.05, 0.1) is 5.56 Å². The van der Waals surface area contributed by atoms with Crippen molar-refractivity contribution in [1.29, 1.82) is 0 Å². The summed E-state index contributed by atoms with van der Waals surface area (Å²) in [4.78, 5) is 0. The molecule has 0 unspecified atom stereocenters. The Morgan fingerprint density at radius 3 is 3.00 bits per heavy atom. The Bertz CT molecular complexity index is 659. The fourth-order valence-electron chi connectivity index (χ4n) is 1.86. The second-order valence-electron chi connectivity index (χ2n) is 4.04. The maximum Gasteiger partial charge on any atom is 0.151 e. The third kappa shape index (κ3) is 2.02. The molecule has 0 radical (unpaired) electrons. The van der Waals surface area contributed by atoms with E-state index in [4.69, 9.17) is 10.2 Å². The molecule has 2 aromatic heterocycles. The first-order valence-corrected chi connectivity index (χ1v) is 6.69. The number of rotatable bonds is 4. The Morgan fingerprint density at radius 2 is 2.11 bits per heavy atom. The van der Waals surface area contributed by atoms with Crippen LogP contribution in [0.25, 0.3) is 21.5 Å². The number of fused-ring (bicyclic) bond motifs is 1. The largest absolute Gasteiger partial charge is 0.464 e. The van der Waals surface area contributed by atoms with Crippen LogP contribution in [0.1, 0.15) is 11.4 Å². The van der Waals surface area contributed by atoms with Gasteiger partial charge >= 0.3 is 0 Å². The van der Waals surface area contributed by atoms with Crippen molar-refractivity contribution in [3.8, 4) is 10.6 Å². The lowest BCUT2D eigenvalue weighted by atomic mass is 10.2. The Morgan fingerprint density at radius 1 is 1.22 bits per heavy atom. The summed E-state index contributed by atoms with van der Waals surface area (Å²) in [7, 11) is 0. The summed E-state index contributed by atoms with van der Waals surface area (Å²) >= 11 is 1.61. The zero-order valence-electron chi connectivity index (χ0n) is 9.80. The highest BCUT2D eigenvalue weighted by Crippen LogP contribution is 2.32. The van der Waals surface area contributed by atoms with Gasteiger partial charge in [-0.15, -0.1) is 10.2 Å². The lowest BCUT2D eigenvalue weighted by Gasteiger charge is -1.91. The Balaban J connectivity index is 1.96. The number of aryl methyl sites for hydroxylation is 1. The predicted molar refractivity (Wildman–Crippen MR) is 72.5 cm³/mol. The molecule has 4 nitrogen and oxygen atoms in total. The van der Waals surface area contributed by atoms with Gasteiger partial charge in [-0.2, -0.15) is 0 Å². The summed E-state index contributed by atoms with van der Waals surface area (Å²) in [5, 5.41) is 11.4. The van der Waals surface area contributed by atoms with E-state index >= 15 is 0 Å². The molecule has 0 fully saturated rings. The molecule has 0 aliphatic heterocycles. The SMILES string of the molecule is NCCCc1nnc(-c2coc3ccccc23)s1. The number of furan rings is 1. The summed E-state index contributed by atoms with van der Waals surface area (Å²) in [5.74, 6) is 0. The molecule has 0 spiro atoms. The van der Waals surface area contributed by atoms with Crippen LogP contribution in [0, 0.1) is 0 Å². The molecule has 0 aliphatic rings. The minimum absolute atomic E-state index is 0.684. The van der Waals surface area contributed by atoms with Crippen LogP contribution in [0.5, 0.6) is 0 Å². The maximum atomic E-state index is 5.51. The summed E-state index contributed by atoms with van der Waals surface area (Å²) < 4.78 is 5.51. The summed E-state index contributed by atoms with van der Waals surface area (Å²) in [6.45, 7) is 0.684. The van der Waals surface area contributed by atoms with Gasteiger partial charge in [-0.25, -0.2) is 0 Å². The first kappa shape index (κ1) is 11.4. The number of aromatic nitrogens is 2. The molecule has 0 saturated carbocycles. The van der Waals surface area contributed by atoms with Crippen LogP contribution in [-0.2, 0) is 6.42 Å². The number of nitrogens with zero attached hydrogens (tertiary/aromatic N) is 2. The van der Waals surface area contributed by atoms with Gasteiger partial charge < -0.3 is 10.2 Å². The van der Waals surface area contributed by atoms with E-state index in [1.54, 1.807) is 17.6 Å². The minimum atomic E-state index is 0.684. The van der Waals surface area contributed by atoms with Gasteiger partial charge in [0.2, 0.25) is 0 Å². The number of para-hydroxylation sites is 1. The van der Waals surface area contributed by atoms with Gasteiger partial charge in [0.15, 0.2) is 5.01 Å². The molecule has 0 amide bonds. The van der Waals surface area contributed by atoms with Crippen LogP contribution < -0.4 is 5.73 Å². The van der Waals surface area contributed by atoms with Gasteiger partial charge in [0, 0.05) is 11.8 Å². The number of hydrogen-bond acceptors (Lipinski definition) is 5. The Hall–Kier alpha value is -1.72. The quantitative estimate of drug-likeness (QED) is 0.782. The molecule has 1 aromatic carbocycles. The lowest BCUT2D eigenvalue weighted by Crippen LogP contribution is -1.99. The summed E-state index contributed by atoms with van der Waals surface area (Å²) in [5.41, 5.74) is 7.39. The van der Waals surface area contributed by atoms with E-state index in [9.17, 15) is 0 Å².